The molecular formula is C22H27N. The number of fused-ring (bicyclic) bond motifs is 1. The van der Waals surface area contributed by atoms with E-state index in [9.17, 15) is 0 Å². The van der Waals surface area contributed by atoms with Crippen molar-refractivity contribution >= 4 is 0 Å². The zero-order valence-corrected chi connectivity index (χ0v) is 14.2. The predicted octanol–water partition coefficient (Wildman–Crippen LogP) is 5.06. The van der Waals surface area contributed by atoms with Gasteiger partial charge in [0.05, 0.1) is 5.54 Å². The van der Waals surface area contributed by atoms with Gasteiger partial charge in [-0.05, 0) is 68.8 Å². The second kappa shape index (κ2) is 6.13. The summed E-state index contributed by atoms with van der Waals surface area (Å²) in [5, 5.41) is 0. The smallest absolute Gasteiger partial charge is 0.0718 e. The lowest BCUT2D eigenvalue weighted by molar-refractivity contribution is 0.0810. The van der Waals surface area contributed by atoms with Gasteiger partial charge in [-0.1, -0.05) is 60.5 Å². The molecule has 0 spiro atoms. The van der Waals surface area contributed by atoms with E-state index in [1.165, 1.54) is 62.7 Å². The molecule has 1 fully saturated rings. The van der Waals surface area contributed by atoms with Crippen LogP contribution in [0.3, 0.4) is 0 Å². The Bertz CT molecular complexity index is 684. The van der Waals surface area contributed by atoms with Crippen molar-refractivity contribution in [2.75, 3.05) is 13.1 Å². The summed E-state index contributed by atoms with van der Waals surface area (Å²) in [5.74, 6) is 0. The van der Waals surface area contributed by atoms with E-state index in [2.05, 4.69) is 60.4 Å². The van der Waals surface area contributed by atoms with Gasteiger partial charge in [-0.25, -0.2) is 0 Å². The van der Waals surface area contributed by atoms with E-state index >= 15 is 0 Å². The van der Waals surface area contributed by atoms with Crippen LogP contribution in [0.25, 0.3) is 0 Å². The van der Waals surface area contributed by atoms with E-state index in [4.69, 9.17) is 0 Å². The number of piperidine rings is 1. The summed E-state index contributed by atoms with van der Waals surface area (Å²) in [4.78, 5) is 2.79. The molecule has 1 heterocycles. The lowest BCUT2D eigenvalue weighted by Gasteiger charge is -2.49. The van der Waals surface area contributed by atoms with Crippen LogP contribution in [0, 0.1) is 6.92 Å². The number of likely N-dealkylation sites (tertiary alicyclic amines) is 1. The molecule has 2 aliphatic rings. The maximum absolute atomic E-state index is 2.79. The van der Waals surface area contributed by atoms with Gasteiger partial charge in [-0.3, -0.25) is 4.90 Å². The third-order valence-electron chi connectivity index (χ3n) is 5.84. The Kier molecular flexibility index (Phi) is 3.98. The molecule has 0 bridgehead atoms. The number of rotatable bonds is 2. The number of nitrogens with zero attached hydrogens (tertiary/aromatic N) is 1. The van der Waals surface area contributed by atoms with Gasteiger partial charge in [0.25, 0.3) is 0 Å². The first-order valence-electron chi connectivity index (χ1n) is 9.21. The molecule has 2 aromatic carbocycles. The van der Waals surface area contributed by atoms with Crippen molar-refractivity contribution in [2.24, 2.45) is 0 Å². The average Bonchev–Trinajstić information content (AvgIpc) is 2.62. The fourth-order valence-corrected chi connectivity index (χ4v) is 4.80. The summed E-state index contributed by atoms with van der Waals surface area (Å²) >= 11 is 0. The minimum Gasteiger partial charge on any atom is -0.290 e. The largest absolute Gasteiger partial charge is 0.290 e. The molecule has 23 heavy (non-hydrogen) atoms. The van der Waals surface area contributed by atoms with E-state index in [-0.39, 0.29) is 5.54 Å². The normalized spacial score (nSPS) is 25.1. The third-order valence-corrected chi connectivity index (χ3v) is 5.84. The van der Waals surface area contributed by atoms with E-state index in [1.54, 1.807) is 11.1 Å². The molecule has 1 heteroatoms. The fraction of sp³-hybridized carbons (Fsp3) is 0.455. The summed E-state index contributed by atoms with van der Waals surface area (Å²) in [6.07, 6.45) is 7.86. The van der Waals surface area contributed by atoms with Gasteiger partial charge < -0.3 is 0 Å². The van der Waals surface area contributed by atoms with Crippen molar-refractivity contribution in [3.05, 3.63) is 70.8 Å². The topological polar surface area (TPSA) is 3.24 Å². The molecule has 120 valence electrons. The molecule has 1 atom stereocenters. The van der Waals surface area contributed by atoms with Crippen LogP contribution in [-0.4, -0.2) is 18.0 Å². The first kappa shape index (κ1) is 15.0. The van der Waals surface area contributed by atoms with Crippen LogP contribution in [0.2, 0.25) is 0 Å². The highest BCUT2D eigenvalue weighted by Crippen LogP contribution is 2.46. The highest BCUT2D eigenvalue weighted by Gasteiger charge is 2.43. The second-order valence-electron chi connectivity index (χ2n) is 7.29. The van der Waals surface area contributed by atoms with Gasteiger partial charge in [0.15, 0.2) is 0 Å². The highest BCUT2D eigenvalue weighted by molar-refractivity contribution is 5.46. The second-order valence-corrected chi connectivity index (χ2v) is 7.29. The monoisotopic (exact) mass is 305 g/mol. The number of aryl methyl sites for hydroxylation is 2. The van der Waals surface area contributed by atoms with Crippen LogP contribution in [-0.2, 0) is 12.0 Å². The minimum absolute atomic E-state index is 0.0985. The maximum Gasteiger partial charge on any atom is 0.0718 e. The van der Waals surface area contributed by atoms with Crippen LogP contribution in [0.5, 0.6) is 0 Å². The van der Waals surface area contributed by atoms with E-state index in [0.29, 0.717) is 0 Å². The molecule has 4 rings (SSSR count). The molecule has 0 N–H and O–H groups in total. The van der Waals surface area contributed by atoms with Gasteiger partial charge in [0.2, 0.25) is 0 Å². The quantitative estimate of drug-likeness (QED) is 0.749. The Labute approximate surface area is 140 Å². The van der Waals surface area contributed by atoms with Crippen molar-refractivity contribution in [3.63, 3.8) is 0 Å². The Morgan fingerprint density at radius 2 is 1.70 bits per heavy atom. The van der Waals surface area contributed by atoms with Crippen LogP contribution >= 0.6 is 0 Å². The molecule has 0 radical (unpaired) electrons. The molecule has 2 aromatic rings. The molecule has 1 nitrogen and oxygen atoms in total. The summed E-state index contributed by atoms with van der Waals surface area (Å²) in [5.41, 5.74) is 6.11. The number of hydrogen-bond donors (Lipinski definition) is 0. The van der Waals surface area contributed by atoms with Crippen LogP contribution < -0.4 is 0 Å². The van der Waals surface area contributed by atoms with Crippen molar-refractivity contribution in [3.8, 4) is 0 Å². The summed E-state index contributed by atoms with van der Waals surface area (Å²) in [6, 6.07) is 18.4. The third kappa shape index (κ3) is 2.52. The Morgan fingerprint density at radius 1 is 0.870 bits per heavy atom. The SMILES string of the molecule is Cc1cccc(C2(N3CCCCC3)CCCc3ccccc32)c1. The zero-order valence-electron chi connectivity index (χ0n) is 14.2. The molecule has 1 aliphatic heterocycles. The molecule has 1 aliphatic carbocycles. The lowest BCUT2D eigenvalue weighted by atomic mass is 9.70. The van der Waals surface area contributed by atoms with E-state index in [1.807, 2.05) is 0 Å². The predicted molar refractivity (Wildman–Crippen MR) is 96.8 cm³/mol. The van der Waals surface area contributed by atoms with Gasteiger partial charge >= 0.3 is 0 Å². The molecule has 1 unspecified atom stereocenters. The zero-order chi connectivity index (χ0) is 15.7. The van der Waals surface area contributed by atoms with Gasteiger partial charge in [0, 0.05) is 0 Å². The molecular weight excluding hydrogens is 278 g/mol. The molecule has 0 amide bonds. The van der Waals surface area contributed by atoms with Crippen LogP contribution in [0.1, 0.15) is 54.4 Å². The maximum atomic E-state index is 2.79. The summed E-state index contributed by atoms with van der Waals surface area (Å²) in [6.45, 7) is 4.70. The van der Waals surface area contributed by atoms with E-state index < -0.39 is 0 Å². The van der Waals surface area contributed by atoms with Gasteiger partial charge in [-0.2, -0.15) is 0 Å². The van der Waals surface area contributed by atoms with Crippen LogP contribution in [0.4, 0.5) is 0 Å². The van der Waals surface area contributed by atoms with E-state index in [0.717, 1.165) is 0 Å². The van der Waals surface area contributed by atoms with Crippen molar-refractivity contribution in [1.29, 1.82) is 0 Å². The highest BCUT2D eigenvalue weighted by atomic mass is 15.2. The van der Waals surface area contributed by atoms with Gasteiger partial charge in [0.1, 0.15) is 0 Å². The lowest BCUT2D eigenvalue weighted by Crippen LogP contribution is -2.51. The Balaban J connectivity index is 1.92. The summed E-state index contributed by atoms with van der Waals surface area (Å²) in [7, 11) is 0. The Morgan fingerprint density at radius 3 is 2.52 bits per heavy atom. The number of benzene rings is 2. The number of hydrogen-bond acceptors (Lipinski definition) is 1. The van der Waals surface area contributed by atoms with Gasteiger partial charge in [-0.15, -0.1) is 0 Å². The standard InChI is InChI=1S/C22H27N/c1-18-9-7-12-20(17-18)22(23-15-5-2-6-16-23)14-8-11-19-10-3-4-13-21(19)22/h3-4,7,9-10,12-13,17H,2,5-6,8,11,14-16H2,1H3. The molecule has 0 aromatic heterocycles. The average molecular weight is 305 g/mol. The fourth-order valence-electron chi connectivity index (χ4n) is 4.80. The molecule has 0 saturated carbocycles. The van der Waals surface area contributed by atoms with Crippen molar-refractivity contribution < 1.29 is 0 Å². The Hall–Kier alpha value is -1.60. The van der Waals surface area contributed by atoms with Crippen LogP contribution in [0.15, 0.2) is 48.5 Å². The van der Waals surface area contributed by atoms with Crippen molar-refractivity contribution in [2.45, 2.75) is 51.0 Å². The first-order valence-corrected chi connectivity index (χ1v) is 9.21. The summed E-state index contributed by atoms with van der Waals surface area (Å²) < 4.78 is 0. The first-order chi connectivity index (χ1) is 11.3. The molecule has 1 saturated heterocycles. The van der Waals surface area contributed by atoms with Crippen molar-refractivity contribution in [1.82, 2.24) is 4.90 Å². The minimum atomic E-state index is 0.0985.